The summed E-state index contributed by atoms with van der Waals surface area (Å²) in [5.41, 5.74) is 3.65. The molecule has 2 rings (SSSR count). The highest BCUT2D eigenvalue weighted by atomic mass is 16.5. The molecular formula is C17H25NO3. The Labute approximate surface area is 126 Å². The molecule has 21 heavy (non-hydrogen) atoms. The predicted molar refractivity (Wildman–Crippen MR) is 82.6 cm³/mol. The van der Waals surface area contributed by atoms with Crippen LogP contribution in [0.25, 0.3) is 0 Å². The van der Waals surface area contributed by atoms with E-state index >= 15 is 0 Å². The molecule has 2 N–H and O–H groups in total. The van der Waals surface area contributed by atoms with Gasteiger partial charge in [0, 0.05) is 19.2 Å². The summed E-state index contributed by atoms with van der Waals surface area (Å²) in [6.45, 7) is 5.71. The molecule has 4 nitrogen and oxygen atoms in total. The summed E-state index contributed by atoms with van der Waals surface area (Å²) >= 11 is 0. The van der Waals surface area contributed by atoms with Crippen LogP contribution in [-0.4, -0.2) is 36.4 Å². The molecule has 1 fully saturated rings. The minimum atomic E-state index is -0.759. The lowest BCUT2D eigenvalue weighted by Gasteiger charge is -2.20. The molecule has 2 atom stereocenters. The highest BCUT2D eigenvalue weighted by molar-refractivity contribution is 5.67. The minimum Gasteiger partial charge on any atom is -0.481 e. The second-order valence-corrected chi connectivity index (χ2v) is 5.97. The van der Waals surface area contributed by atoms with E-state index in [1.165, 1.54) is 16.7 Å². The number of carboxylic acid groups (broad SMARTS) is 1. The van der Waals surface area contributed by atoms with Crippen molar-refractivity contribution in [3.63, 3.8) is 0 Å². The highest BCUT2D eigenvalue weighted by Crippen LogP contribution is 2.15. The van der Waals surface area contributed by atoms with Gasteiger partial charge in [0.25, 0.3) is 0 Å². The lowest BCUT2D eigenvalue weighted by molar-refractivity contribution is -0.137. The summed E-state index contributed by atoms with van der Waals surface area (Å²) in [6.07, 6.45) is 3.29. The number of aryl methyl sites for hydroxylation is 2. The largest absolute Gasteiger partial charge is 0.481 e. The van der Waals surface area contributed by atoms with Crippen molar-refractivity contribution >= 4 is 5.97 Å². The normalized spacial score (nSPS) is 19.6. The van der Waals surface area contributed by atoms with Crippen molar-refractivity contribution in [2.24, 2.45) is 0 Å². The van der Waals surface area contributed by atoms with Crippen LogP contribution in [-0.2, 0) is 16.0 Å². The monoisotopic (exact) mass is 291 g/mol. The topological polar surface area (TPSA) is 58.6 Å². The Hall–Kier alpha value is -1.39. The second-order valence-electron chi connectivity index (χ2n) is 5.97. The van der Waals surface area contributed by atoms with E-state index in [4.69, 9.17) is 9.84 Å². The number of carbonyl (C=O) groups is 1. The predicted octanol–water partition coefficient (Wildman–Crippen LogP) is 2.46. The molecule has 1 heterocycles. The fraction of sp³-hybridized carbons (Fsp3) is 0.588. The van der Waals surface area contributed by atoms with Gasteiger partial charge >= 0.3 is 5.97 Å². The number of nitrogens with one attached hydrogen (secondary N) is 1. The Kier molecular flexibility index (Phi) is 5.76. The summed E-state index contributed by atoms with van der Waals surface area (Å²) in [4.78, 5) is 11.1. The molecule has 2 unspecified atom stereocenters. The lowest BCUT2D eigenvalue weighted by atomic mass is 9.97. The molecule has 1 aliphatic rings. The van der Waals surface area contributed by atoms with E-state index in [2.05, 4.69) is 37.4 Å². The number of ether oxygens (including phenoxy) is 1. The number of rotatable bonds is 7. The van der Waals surface area contributed by atoms with Crippen LogP contribution in [0.15, 0.2) is 18.2 Å². The molecule has 1 aromatic rings. The molecular weight excluding hydrogens is 266 g/mol. The van der Waals surface area contributed by atoms with Crippen LogP contribution in [0.4, 0.5) is 0 Å². The zero-order valence-corrected chi connectivity index (χ0v) is 12.9. The Morgan fingerprint density at radius 1 is 1.48 bits per heavy atom. The van der Waals surface area contributed by atoms with Crippen molar-refractivity contribution in [2.75, 3.05) is 13.2 Å². The van der Waals surface area contributed by atoms with Gasteiger partial charge in [-0.15, -0.1) is 0 Å². The molecule has 0 saturated carbocycles. The molecule has 0 radical (unpaired) electrons. The van der Waals surface area contributed by atoms with Gasteiger partial charge in [0.2, 0.25) is 0 Å². The van der Waals surface area contributed by atoms with E-state index in [0.29, 0.717) is 0 Å². The average molecular weight is 291 g/mol. The van der Waals surface area contributed by atoms with E-state index in [0.717, 1.165) is 32.4 Å². The summed E-state index contributed by atoms with van der Waals surface area (Å²) in [6, 6.07) is 6.29. The maximum atomic E-state index is 11.1. The van der Waals surface area contributed by atoms with Crippen LogP contribution in [0.5, 0.6) is 0 Å². The zero-order valence-electron chi connectivity index (χ0n) is 12.9. The number of hydrogen-bond acceptors (Lipinski definition) is 3. The molecule has 4 heteroatoms. The van der Waals surface area contributed by atoms with Crippen molar-refractivity contribution in [3.8, 4) is 0 Å². The Bertz CT molecular complexity index is 481. The fourth-order valence-corrected chi connectivity index (χ4v) is 2.82. The van der Waals surface area contributed by atoms with Crippen LogP contribution in [0.3, 0.4) is 0 Å². The number of benzene rings is 1. The smallest absolute Gasteiger partial charge is 0.304 e. The first-order valence-corrected chi connectivity index (χ1v) is 7.67. The van der Waals surface area contributed by atoms with Gasteiger partial charge in [0.15, 0.2) is 0 Å². The van der Waals surface area contributed by atoms with Gasteiger partial charge in [-0.1, -0.05) is 23.8 Å². The van der Waals surface area contributed by atoms with E-state index in [1.54, 1.807) is 0 Å². The van der Waals surface area contributed by atoms with Crippen LogP contribution in [0.2, 0.25) is 0 Å². The van der Waals surface area contributed by atoms with Crippen LogP contribution in [0.1, 0.15) is 36.0 Å². The van der Waals surface area contributed by atoms with Crippen molar-refractivity contribution < 1.29 is 14.6 Å². The number of hydrogen-bond donors (Lipinski definition) is 2. The van der Waals surface area contributed by atoms with Crippen molar-refractivity contribution in [2.45, 2.75) is 51.7 Å². The third-order valence-corrected chi connectivity index (χ3v) is 4.05. The lowest BCUT2D eigenvalue weighted by Crippen LogP contribution is -2.38. The van der Waals surface area contributed by atoms with Crippen molar-refractivity contribution in [3.05, 3.63) is 34.9 Å². The van der Waals surface area contributed by atoms with Gasteiger partial charge in [-0.2, -0.15) is 0 Å². The van der Waals surface area contributed by atoms with Crippen molar-refractivity contribution in [1.82, 2.24) is 5.32 Å². The zero-order chi connectivity index (χ0) is 15.2. The molecule has 1 aromatic carbocycles. The van der Waals surface area contributed by atoms with Crippen molar-refractivity contribution in [1.29, 1.82) is 0 Å². The molecule has 0 bridgehead atoms. The highest BCUT2D eigenvalue weighted by Gasteiger charge is 2.19. The Morgan fingerprint density at radius 2 is 2.29 bits per heavy atom. The average Bonchev–Trinajstić information content (AvgIpc) is 2.93. The Morgan fingerprint density at radius 3 is 2.95 bits per heavy atom. The molecule has 0 spiro atoms. The SMILES string of the molecule is Cc1ccc(C)c(CC(CC(=O)O)NCC2CCCO2)c1. The molecule has 116 valence electrons. The van der Waals surface area contributed by atoms with E-state index < -0.39 is 5.97 Å². The first kappa shape index (κ1) is 16.0. The van der Waals surface area contributed by atoms with Gasteiger partial charge in [0.05, 0.1) is 12.5 Å². The van der Waals surface area contributed by atoms with Gasteiger partial charge in [-0.3, -0.25) is 4.79 Å². The first-order valence-electron chi connectivity index (χ1n) is 7.67. The number of carboxylic acids is 1. The first-order chi connectivity index (χ1) is 10.0. The van der Waals surface area contributed by atoms with E-state index in [1.807, 2.05) is 0 Å². The van der Waals surface area contributed by atoms with Crippen LogP contribution in [0, 0.1) is 13.8 Å². The molecule has 1 aliphatic heterocycles. The number of aliphatic carboxylic acids is 1. The summed E-state index contributed by atoms with van der Waals surface area (Å²) in [5.74, 6) is -0.759. The molecule has 1 saturated heterocycles. The Balaban J connectivity index is 1.97. The molecule has 0 aromatic heterocycles. The van der Waals surface area contributed by atoms with Gasteiger partial charge in [-0.05, 0) is 44.2 Å². The van der Waals surface area contributed by atoms with Gasteiger partial charge < -0.3 is 15.2 Å². The maximum Gasteiger partial charge on any atom is 0.304 e. The molecule has 0 amide bonds. The minimum absolute atomic E-state index is 0.0489. The fourth-order valence-electron chi connectivity index (χ4n) is 2.82. The van der Waals surface area contributed by atoms with Gasteiger partial charge in [-0.25, -0.2) is 0 Å². The third-order valence-electron chi connectivity index (χ3n) is 4.05. The van der Waals surface area contributed by atoms with E-state index in [-0.39, 0.29) is 18.6 Å². The summed E-state index contributed by atoms with van der Waals surface area (Å²) in [5, 5.41) is 12.5. The summed E-state index contributed by atoms with van der Waals surface area (Å²) in [7, 11) is 0. The van der Waals surface area contributed by atoms with Crippen LogP contribution < -0.4 is 5.32 Å². The molecule has 0 aliphatic carbocycles. The second kappa shape index (κ2) is 7.57. The van der Waals surface area contributed by atoms with E-state index in [9.17, 15) is 4.79 Å². The van der Waals surface area contributed by atoms with Gasteiger partial charge in [0.1, 0.15) is 0 Å². The van der Waals surface area contributed by atoms with Crippen LogP contribution >= 0.6 is 0 Å². The maximum absolute atomic E-state index is 11.1. The summed E-state index contributed by atoms with van der Waals surface area (Å²) < 4.78 is 5.59. The quantitative estimate of drug-likeness (QED) is 0.810. The third kappa shape index (κ3) is 5.14. The standard InChI is InChI=1S/C17H25NO3/c1-12-5-6-13(2)14(8-12)9-15(10-17(19)20)18-11-16-4-3-7-21-16/h5-6,8,15-16,18H,3-4,7,9-11H2,1-2H3,(H,19,20).